The quantitative estimate of drug-likeness (QED) is 0.905. The average Bonchev–Trinajstić information content (AvgIpc) is 2.62. The Hall–Kier alpha value is -1.30. The third kappa shape index (κ3) is 4.21. The minimum atomic E-state index is -0.110. The van der Waals surface area contributed by atoms with Crippen LogP contribution in [0.1, 0.15) is 36.0 Å². The average molecular weight is 353 g/mol. The van der Waals surface area contributed by atoms with E-state index in [1.165, 1.54) is 6.07 Å². The number of carbonyl (C=O) groups excluding carboxylic acids is 1. The van der Waals surface area contributed by atoms with E-state index in [0.29, 0.717) is 10.6 Å². The lowest BCUT2D eigenvalue weighted by Crippen LogP contribution is -2.46. The first-order valence-electron chi connectivity index (χ1n) is 8.75. The summed E-state index contributed by atoms with van der Waals surface area (Å²) < 4.78 is 5.39. The standard InChI is InChI=1S/C18H25ClN2O3/c19-14-4-5-17(22)16(13-14)18(23)21-7-2-1-3-15(21)6-8-20-9-11-24-12-10-20/h4-5,13,15,22H,1-3,6-12H2/t15-/m0/s1. The topological polar surface area (TPSA) is 53.0 Å². The first-order chi connectivity index (χ1) is 11.6. The molecule has 0 aliphatic carbocycles. The number of halogens is 1. The van der Waals surface area contributed by atoms with Crippen LogP contribution in [0, 0.1) is 0 Å². The lowest BCUT2D eigenvalue weighted by atomic mass is 9.97. The summed E-state index contributed by atoms with van der Waals surface area (Å²) >= 11 is 6.00. The van der Waals surface area contributed by atoms with Crippen LogP contribution in [0.25, 0.3) is 0 Å². The molecule has 0 bridgehead atoms. The summed E-state index contributed by atoms with van der Waals surface area (Å²) in [7, 11) is 0. The van der Waals surface area contributed by atoms with Crippen LogP contribution in [0.15, 0.2) is 18.2 Å². The highest BCUT2D eigenvalue weighted by Crippen LogP contribution is 2.27. The largest absolute Gasteiger partial charge is 0.507 e. The first kappa shape index (κ1) is 17.5. The number of rotatable bonds is 4. The molecule has 1 amide bonds. The van der Waals surface area contributed by atoms with E-state index in [2.05, 4.69) is 4.90 Å². The molecule has 2 aliphatic rings. The maximum absolute atomic E-state index is 12.9. The van der Waals surface area contributed by atoms with Gasteiger partial charge in [-0.1, -0.05) is 11.6 Å². The highest BCUT2D eigenvalue weighted by molar-refractivity contribution is 6.31. The van der Waals surface area contributed by atoms with Crippen molar-refractivity contribution < 1.29 is 14.6 Å². The van der Waals surface area contributed by atoms with E-state index in [1.54, 1.807) is 12.1 Å². The van der Waals surface area contributed by atoms with Crippen molar-refractivity contribution in [3.63, 3.8) is 0 Å². The van der Waals surface area contributed by atoms with E-state index >= 15 is 0 Å². The van der Waals surface area contributed by atoms with Gasteiger partial charge in [-0.25, -0.2) is 0 Å². The Morgan fingerprint density at radius 1 is 1.25 bits per heavy atom. The van der Waals surface area contributed by atoms with Crippen LogP contribution in [-0.4, -0.2) is 66.2 Å². The number of phenolic OH excluding ortho intramolecular Hbond substituents is 1. The number of carbonyl (C=O) groups is 1. The van der Waals surface area contributed by atoms with Gasteiger partial charge in [0.05, 0.1) is 18.8 Å². The van der Waals surface area contributed by atoms with Gasteiger partial charge in [0.2, 0.25) is 0 Å². The lowest BCUT2D eigenvalue weighted by molar-refractivity contribution is 0.0295. The Morgan fingerprint density at radius 3 is 2.83 bits per heavy atom. The zero-order valence-corrected chi connectivity index (χ0v) is 14.7. The first-order valence-corrected chi connectivity index (χ1v) is 9.12. The third-order valence-electron chi connectivity index (χ3n) is 4.96. The summed E-state index contributed by atoms with van der Waals surface area (Å²) in [6, 6.07) is 4.88. The van der Waals surface area contributed by atoms with E-state index in [4.69, 9.17) is 16.3 Å². The Labute approximate surface area is 148 Å². The second kappa shape index (κ2) is 8.19. The predicted molar refractivity (Wildman–Crippen MR) is 93.7 cm³/mol. The second-order valence-electron chi connectivity index (χ2n) is 6.55. The Morgan fingerprint density at radius 2 is 2.04 bits per heavy atom. The van der Waals surface area contributed by atoms with E-state index in [9.17, 15) is 9.90 Å². The van der Waals surface area contributed by atoms with E-state index in [0.717, 1.165) is 65.1 Å². The number of likely N-dealkylation sites (tertiary alicyclic amines) is 1. The third-order valence-corrected chi connectivity index (χ3v) is 5.19. The van der Waals surface area contributed by atoms with Crippen molar-refractivity contribution in [2.24, 2.45) is 0 Å². The SMILES string of the molecule is O=C(c1cc(Cl)ccc1O)N1CCCC[C@H]1CCN1CCOCC1. The number of aromatic hydroxyl groups is 1. The maximum atomic E-state index is 12.9. The van der Waals surface area contributed by atoms with Gasteiger partial charge >= 0.3 is 0 Å². The number of phenols is 1. The Bertz CT molecular complexity index is 575. The molecule has 3 rings (SSSR count). The van der Waals surface area contributed by atoms with Crippen molar-refractivity contribution >= 4 is 17.5 Å². The molecule has 0 saturated carbocycles. The van der Waals surface area contributed by atoms with E-state index in [1.807, 2.05) is 4.90 Å². The van der Waals surface area contributed by atoms with Crippen molar-refractivity contribution in [2.45, 2.75) is 31.7 Å². The summed E-state index contributed by atoms with van der Waals surface area (Å²) in [5.41, 5.74) is 0.306. The number of hydrogen-bond acceptors (Lipinski definition) is 4. The van der Waals surface area contributed by atoms with Gasteiger partial charge in [-0.15, -0.1) is 0 Å². The van der Waals surface area contributed by atoms with Crippen LogP contribution in [0.4, 0.5) is 0 Å². The van der Waals surface area contributed by atoms with E-state index in [-0.39, 0.29) is 17.7 Å². The number of ether oxygens (including phenoxy) is 1. The van der Waals surface area contributed by atoms with Gasteiger partial charge in [0, 0.05) is 37.2 Å². The molecule has 6 heteroatoms. The van der Waals surface area contributed by atoms with Gasteiger partial charge in [-0.05, 0) is 43.9 Å². The van der Waals surface area contributed by atoms with Crippen molar-refractivity contribution in [1.82, 2.24) is 9.80 Å². The summed E-state index contributed by atoms with van der Waals surface area (Å²) in [4.78, 5) is 17.2. The molecule has 1 atom stereocenters. The molecular weight excluding hydrogens is 328 g/mol. The molecule has 2 aliphatic heterocycles. The van der Waals surface area contributed by atoms with Crippen molar-refractivity contribution in [3.05, 3.63) is 28.8 Å². The molecule has 2 heterocycles. The molecule has 1 aromatic rings. The van der Waals surface area contributed by atoms with Crippen LogP contribution in [-0.2, 0) is 4.74 Å². The Balaban J connectivity index is 1.66. The zero-order valence-electron chi connectivity index (χ0n) is 13.9. The van der Waals surface area contributed by atoms with Crippen LogP contribution >= 0.6 is 11.6 Å². The Kier molecular flexibility index (Phi) is 5.98. The number of hydrogen-bond donors (Lipinski definition) is 1. The summed E-state index contributed by atoms with van der Waals surface area (Å²) in [6.45, 7) is 5.26. The fourth-order valence-electron chi connectivity index (χ4n) is 3.56. The summed E-state index contributed by atoms with van der Waals surface area (Å²) in [5.74, 6) is -0.108. The highest BCUT2D eigenvalue weighted by Gasteiger charge is 2.29. The number of piperidine rings is 1. The molecule has 24 heavy (non-hydrogen) atoms. The molecule has 2 fully saturated rings. The summed E-state index contributed by atoms with van der Waals surface area (Å²) in [6.07, 6.45) is 4.16. The van der Waals surface area contributed by atoms with Crippen LogP contribution < -0.4 is 0 Å². The van der Waals surface area contributed by atoms with Gasteiger partial charge < -0.3 is 14.7 Å². The van der Waals surface area contributed by atoms with Crippen molar-refractivity contribution in [3.8, 4) is 5.75 Å². The van der Waals surface area contributed by atoms with Gasteiger partial charge in [0.25, 0.3) is 5.91 Å². The van der Waals surface area contributed by atoms with Crippen molar-refractivity contribution in [2.75, 3.05) is 39.4 Å². The number of amides is 1. The van der Waals surface area contributed by atoms with E-state index < -0.39 is 0 Å². The molecule has 1 N–H and O–H groups in total. The van der Waals surface area contributed by atoms with Gasteiger partial charge in [-0.3, -0.25) is 9.69 Å². The van der Waals surface area contributed by atoms with Gasteiger partial charge in [-0.2, -0.15) is 0 Å². The molecule has 2 saturated heterocycles. The normalized spacial score (nSPS) is 22.5. The number of nitrogens with zero attached hydrogens (tertiary/aromatic N) is 2. The smallest absolute Gasteiger partial charge is 0.257 e. The van der Waals surface area contributed by atoms with Crippen LogP contribution in [0.5, 0.6) is 5.75 Å². The molecule has 0 unspecified atom stereocenters. The van der Waals surface area contributed by atoms with Crippen molar-refractivity contribution in [1.29, 1.82) is 0 Å². The molecule has 0 aromatic heterocycles. The zero-order chi connectivity index (χ0) is 16.9. The summed E-state index contributed by atoms with van der Waals surface area (Å²) in [5, 5.41) is 10.5. The van der Waals surface area contributed by atoms with Gasteiger partial charge in [0.1, 0.15) is 5.75 Å². The molecule has 1 aromatic carbocycles. The fraction of sp³-hybridized carbons (Fsp3) is 0.611. The molecule has 5 nitrogen and oxygen atoms in total. The minimum absolute atomic E-state index is 0.00176. The van der Waals surface area contributed by atoms with Crippen LogP contribution in [0.3, 0.4) is 0 Å². The number of benzene rings is 1. The number of morpholine rings is 1. The molecule has 0 radical (unpaired) electrons. The second-order valence-corrected chi connectivity index (χ2v) is 6.99. The van der Waals surface area contributed by atoms with Gasteiger partial charge in [0.15, 0.2) is 0 Å². The lowest BCUT2D eigenvalue weighted by Gasteiger charge is -2.37. The maximum Gasteiger partial charge on any atom is 0.257 e. The highest BCUT2D eigenvalue weighted by atomic mass is 35.5. The minimum Gasteiger partial charge on any atom is -0.507 e. The molecular formula is C18H25ClN2O3. The fourth-order valence-corrected chi connectivity index (χ4v) is 3.73. The molecule has 0 spiro atoms. The monoisotopic (exact) mass is 352 g/mol. The molecule has 132 valence electrons. The predicted octanol–water partition coefficient (Wildman–Crippen LogP) is 2.76. The van der Waals surface area contributed by atoms with Crippen LogP contribution in [0.2, 0.25) is 5.02 Å².